The van der Waals surface area contributed by atoms with Crippen molar-refractivity contribution in [2.24, 2.45) is 11.7 Å². The van der Waals surface area contributed by atoms with Gasteiger partial charge in [0.25, 0.3) is 0 Å². The molecule has 2 N–H and O–H groups in total. The molecule has 2 atom stereocenters. The van der Waals surface area contributed by atoms with Gasteiger partial charge in [-0.25, -0.2) is 0 Å². The van der Waals surface area contributed by atoms with Gasteiger partial charge in [0.1, 0.15) is 0 Å². The molecule has 1 rings (SSSR count). The Morgan fingerprint density at radius 3 is 2.00 bits per heavy atom. The van der Waals surface area contributed by atoms with Crippen LogP contribution in [0, 0.1) is 12.8 Å². The molecule has 0 unspecified atom stereocenters. The zero-order valence-corrected chi connectivity index (χ0v) is 3.85. The van der Waals surface area contributed by atoms with Gasteiger partial charge in [0.15, 0.2) is 0 Å². The van der Waals surface area contributed by atoms with E-state index >= 15 is 0 Å². The molecule has 1 saturated carbocycles. The molecule has 1 fully saturated rings. The predicted octanol–water partition coefficient (Wildman–Crippen LogP) is 0.558. The number of rotatable bonds is 0. The fraction of sp³-hybridized carbons (Fsp3) is 0.800. The molecule has 35 valence electrons. The van der Waals surface area contributed by atoms with E-state index in [1.165, 1.54) is 12.8 Å². The largest absolute Gasteiger partial charge is 0.327 e. The lowest BCUT2D eigenvalue weighted by molar-refractivity contribution is 0.314. The second-order valence-electron chi connectivity index (χ2n) is 2.00. The lowest BCUT2D eigenvalue weighted by atomic mass is 9.82. The first kappa shape index (κ1) is 4.13. The van der Waals surface area contributed by atoms with E-state index in [4.69, 9.17) is 5.73 Å². The lowest BCUT2D eigenvalue weighted by Gasteiger charge is -2.29. The van der Waals surface area contributed by atoms with Gasteiger partial charge in [-0.2, -0.15) is 0 Å². The Morgan fingerprint density at radius 2 is 2.00 bits per heavy atom. The van der Waals surface area contributed by atoms with E-state index in [0.29, 0.717) is 12.0 Å². The van der Waals surface area contributed by atoms with Crippen molar-refractivity contribution < 1.29 is 0 Å². The van der Waals surface area contributed by atoms with Gasteiger partial charge in [0.2, 0.25) is 0 Å². The monoisotopic (exact) mass is 84.1 g/mol. The number of hydrogen-bond donors (Lipinski definition) is 1. The average Bonchev–Trinajstić information content (AvgIpc) is 1.61. The average molecular weight is 84.1 g/mol. The maximum Gasteiger partial charge on any atom is 0.00672 e. The van der Waals surface area contributed by atoms with Crippen molar-refractivity contribution in [3.8, 4) is 0 Å². The summed E-state index contributed by atoms with van der Waals surface area (Å²) in [5.74, 6) is 0.560. The molecule has 0 aromatic carbocycles. The molecule has 0 amide bonds. The van der Waals surface area contributed by atoms with Crippen molar-refractivity contribution >= 4 is 0 Å². The molecule has 0 aliphatic heterocycles. The third-order valence-electron chi connectivity index (χ3n) is 1.48. The highest BCUT2D eigenvalue weighted by molar-refractivity contribution is 4.84. The van der Waals surface area contributed by atoms with Crippen LogP contribution >= 0.6 is 0 Å². The summed E-state index contributed by atoms with van der Waals surface area (Å²) >= 11 is 0. The van der Waals surface area contributed by atoms with Crippen LogP contribution in [0.5, 0.6) is 0 Å². The van der Waals surface area contributed by atoms with Gasteiger partial charge < -0.3 is 5.73 Å². The molecule has 0 bridgehead atoms. The van der Waals surface area contributed by atoms with Crippen molar-refractivity contribution in [2.45, 2.75) is 18.9 Å². The van der Waals surface area contributed by atoms with E-state index in [-0.39, 0.29) is 0 Å². The first-order chi connectivity index (χ1) is 2.80. The van der Waals surface area contributed by atoms with Crippen LogP contribution in [0.2, 0.25) is 0 Å². The molecular formula is C5H10N. The molecule has 1 aliphatic carbocycles. The van der Waals surface area contributed by atoms with Crippen LogP contribution in [-0.2, 0) is 0 Å². The maximum atomic E-state index is 5.46. The van der Waals surface area contributed by atoms with Crippen LogP contribution in [0.15, 0.2) is 0 Å². The number of nitrogens with two attached hydrogens (primary N) is 1. The van der Waals surface area contributed by atoms with E-state index in [1.54, 1.807) is 0 Å². The molecule has 1 heteroatoms. The fourth-order valence-corrected chi connectivity index (χ4v) is 0.595. The smallest absolute Gasteiger partial charge is 0.00672 e. The van der Waals surface area contributed by atoms with E-state index in [2.05, 4.69) is 6.92 Å². The Bertz CT molecular complexity index is 43.9. The minimum atomic E-state index is 0.421. The standard InChI is InChI=1S/C5H10N/c1-4-2-3-5(4)6/h4-5H,1-3,6H2/t4-,5-/m1/s1. The molecule has 0 spiro atoms. The highest BCUT2D eigenvalue weighted by Gasteiger charge is 2.21. The molecule has 0 saturated heterocycles. The summed E-state index contributed by atoms with van der Waals surface area (Å²) in [6.07, 6.45) is 2.43. The summed E-state index contributed by atoms with van der Waals surface area (Å²) in [5, 5.41) is 0. The zero-order chi connectivity index (χ0) is 4.57. The minimum Gasteiger partial charge on any atom is -0.327 e. The van der Waals surface area contributed by atoms with Crippen molar-refractivity contribution in [3.05, 3.63) is 6.92 Å². The van der Waals surface area contributed by atoms with Gasteiger partial charge in [-0.3, -0.25) is 0 Å². The molecule has 0 aromatic rings. The summed E-state index contributed by atoms with van der Waals surface area (Å²) in [6.45, 7) is 3.80. The lowest BCUT2D eigenvalue weighted by Crippen LogP contribution is -2.37. The van der Waals surface area contributed by atoms with Gasteiger partial charge >= 0.3 is 0 Å². The third-order valence-corrected chi connectivity index (χ3v) is 1.48. The zero-order valence-electron chi connectivity index (χ0n) is 3.85. The van der Waals surface area contributed by atoms with Gasteiger partial charge in [0, 0.05) is 6.04 Å². The molecule has 6 heavy (non-hydrogen) atoms. The summed E-state index contributed by atoms with van der Waals surface area (Å²) < 4.78 is 0. The second kappa shape index (κ2) is 1.23. The van der Waals surface area contributed by atoms with Crippen molar-refractivity contribution in [2.75, 3.05) is 0 Å². The van der Waals surface area contributed by atoms with Gasteiger partial charge in [-0.05, 0) is 25.7 Å². The summed E-state index contributed by atoms with van der Waals surface area (Å²) in [4.78, 5) is 0. The minimum absolute atomic E-state index is 0.421. The van der Waals surface area contributed by atoms with Crippen LogP contribution in [-0.4, -0.2) is 6.04 Å². The summed E-state index contributed by atoms with van der Waals surface area (Å²) in [6, 6.07) is 0.421. The Balaban J connectivity index is 2.20. The fourth-order valence-electron chi connectivity index (χ4n) is 0.595. The topological polar surface area (TPSA) is 26.0 Å². The van der Waals surface area contributed by atoms with Crippen LogP contribution in [0.3, 0.4) is 0 Å². The molecule has 0 heterocycles. The summed E-state index contributed by atoms with van der Waals surface area (Å²) in [7, 11) is 0. The molecule has 0 aromatic heterocycles. The molecule has 1 nitrogen and oxygen atoms in total. The van der Waals surface area contributed by atoms with E-state index in [0.717, 1.165) is 0 Å². The SMILES string of the molecule is [CH2][C@@H]1CC[C@H]1N. The quantitative estimate of drug-likeness (QED) is 0.456. The second-order valence-corrected chi connectivity index (χ2v) is 2.00. The highest BCUT2D eigenvalue weighted by Crippen LogP contribution is 2.23. The first-order valence-electron chi connectivity index (χ1n) is 2.39. The molecule has 1 radical (unpaired) electrons. The Labute approximate surface area is 38.5 Å². The van der Waals surface area contributed by atoms with E-state index in [1.807, 2.05) is 0 Å². The van der Waals surface area contributed by atoms with E-state index < -0.39 is 0 Å². The Hall–Kier alpha value is -0.0400. The van der Waals surface area contributed by atoms with Crippen LogP contribution in [0.1, 0.15) is 12.8 Å². The third kappa shape index (κ3) is 0.432. The maximum absolute atomic E-state index is 5.46. The van der Waals surface area contributed by atoms with Crippen LogP contribution in [0.4, 0.5) is 0 Å². The van der Waals surface area contributed by atoms with Crippen LogP contribution in [0.25, 0.3) is 0 Å². The van der Waals surface area contributed by atoms with Crippen molar-refractivity contribution in [1.29, 1.82) is 0 Å². The summed E-state index contributed by atoms with van der Waals surface area (Å²) in [5.41, 5.74) is 5.46. The van der Waals surface area contributed by atoms with E-state index in [9.17, 15) is 0 Å². The predicted molar refractivity (Wildman–Crippen MR) is 26.1 cm³/mol. The Kier molecular flexibility index (Phi) is 0.845. The van der Waals surface area contributed by atoms with Crippen molar-refractivity contribution in [3.63, 3.8) is 0 Å². The van der Waals surface area contributed by atoms with Gasteiger partial charge in [-0.1, -0.05) is 0 Å². The highest BCUT2D eigenvalue weighted by atomic mass is 14.7. The normalized spacial score (nSPS) is 45.0. The van der Waals surface area contributed by atoms with Gasteiger partial charge in [0.05, 0.1) is 0 Å². The first-order valence-corrected chi connectivity index (χ1v) is 2.39. The number of hydrogen-bond acceptors (Lipinski definition) is 1. The Morgan fingerprint density at radius 1 is 1.50 bits per heavy atom. The van der Waals surface area contributed by atoms with Crippen LogP contribution < -0.4 is 5.73 Å². The molecule has 1 aliphatic rings. The molecular weight excluding hydrogens is 74.1 g/mol. The van der Waals surface area contributed by atoms with Gasteiger partial charge in [-0.15, -0.1) is 0 Å². The van der Waals surface area contributed by atoms with Crippen molar-refractivity contribution in [1.82, 2.24) is 0 Å².